The molecule has 1 aliphatic rings. The predicted molar refractivity (Wildman–Crippen MR) is 83.2 cm³/mol. The first-order chi connectivity index (χ1) is 10.3. The van der Waals surface area contributed by atoms with Crippen LogP contribution in [0.2, 0.25) is 0 Å². The van der Waals surface area contributed by atoms with Crippen LogP contribution in [0.3, 0.4) is 0 Å². The monoisotopic (exact) mass is 283 g/mol. The third-order valence-corrected chi connectivity index (χ3v) is 4.23. The van der Waals surface area contributed by atoms with Gasteiger partial charge in [0.15, 0.2) is 0 Å². The second kappa shape index (κ2) is 6.29. The highest BCUT2D eigenvalue weighted by molar-refractivity contribution is 5.38. The number of aryl methyl sites for hydroxylation is 1. The van der Waals surface area contributed by atoms with Crippen molar-refractivity contribution < 1.29 is 10.2 Å². The number of nitrogens with one attached hydrogen (secondary N) is 1. The van der Waals surface area contributed by atoms with Crippen molar-refractivity contribution in [3.05, 3.63) is 65.2 Å². The molecule has 0 aromatic heterocycles. The number of aromatic hydroxyl groups is 1. The van der Waals surface area contributed by atoms with Crippen LogP contribution in [0.25, 0.3) is 0 Å². The Morgan fingerprint density at radius 3 is 2.71 bits per heavy atom. The van der Waals surface area contributed by atoms with Gasteiger partial charge in [-0.2, -0.15) is 0 Å². The molecule has 0 saturated heterocycles. The third-order valence-electron chi connectivity index (χ3n) is 4.23. The van der Waals surface area contributed by atoms with Crippen LogP contribution in [-0.4, -0.2) is 16.8 Å². The molecule has 0 radical (unpaired) electrons. The summed E-state index contributed by atoms with van der Waals surface area (Å²) in [5.41, 5.74) is 3.55. The van der Waals surface area contributed by atoms with E-state index in [1.165, 1.54) is 5.56 Å². The van der Waals surface area contributed by atoms with E-state index in [9.17, 15) is 10.2 Å². The van der Waals surface area contributed by atoms with E-state index in [2.05, 4.69) is 5.32 Å². The van der Waals surface area contributed by atoms with E-state index >= 15 is 0 Å². The number of aliphatic hydroxyl groups excluding tert-OH is 1. The van der Waals surface area contributed by atoms with Crippen molar-refractivity contribution in [1.29, 1.82) is 0 Å². The van der Waals surface area contributed by atoms with E-state index in [0.29, 0.717) is 5.75 Å². The van der Waals surface area contributed by atoms with Gasteiger partial charge < -0.3 is 15.5 Å². The normalized spacial score (nSPS) is 19.0. The molecule has 0 bridgehead atoms. The van der Waals surface area contributed by atoms with Crippen molar-refractivity contribution in [1.82, 2.24) is 5.32 Å². The predicted octanol–water partition coefficient (Wildman–Crippen LogP) is 3.09. The first-order valence-corrected chi connectivity index (χ1v) is 7.51. The molecule has 3 N–H and O–H groups in total. The largest absolute Gasteiger partial charge is 0.508 e. The standard InChI is InChI=1S/C18H21NO2/c20-12-18(14-5-2-1-3-6-14)19-17-8-4-7-13-9-10-15(21)11-16(13)17/h1-3,5-6,9-11,17-21H,4,7-8,12H2. The van der Waals surface area contributed by atoms with Crippen LogP contribution in [0.5, 0.6) is 5.75 Å². The van der Waals surface area contributed by atoms with Gasteiger partial charge in [0.05, 0.1) is 12.6 Å². The van der Waals surface area contributed by atoms with Gasteiger partial charge in [0.1, 0.15) is 5.75 Å². The molecule has 0 spiro atoms. The van der Waals surface area contributed by atoms with Crippen LogP contribution >= 0.6 is 0 Å². The van der Waals surface area contributed by atoms with E-state index < -0.39 is 0 Å². The molecule has 0 amide bonds. The second-order valence-corrected chi connectivity index (χ2v) is 5.64. The summed E-state index contributed by atoms with van der Waals surface area (Å²) in [6.45, 7) is 0.0641. The highest BCUT2D eigenvalue weighted by Gasteiger charge is 2.23. The van der Waals surface area contributed by atoms with E-state index in [0.717, 1.165) is 30.4 Å². The summed E-state index contributed by atoms with van der Waals surface area (Å²) in [4.78, 5) is 0. The van der Waals surface area contributed by atoms with E-state index in [1.807, 2.05) is 42.5 Å². The number of rotatable bonds is 4. The summed E-state index contributed by atoms with van der Waals surface area (Å²) < 4.78 is 0. The Bertz CT molecular complexity index is 597. The van der Waals surface area contributed by atoms with Gasteiger partial charge in [0, 0.05) is 6.04 Å². The van der Waals surface area contributed by atoms with Crippen molar-refractivity contribution in [2.45, 2.75) is 31.3 Å². The SMILES string of the molecule is OCC(NC1CCCc2ccc(O)cc21)c1ccccc1. The molecule has 3 nitrogen and oxygen atoms in total. The van der Waals surface area contributed by atoms with Crippen LogP contribution in [0.4, 0.5) is 0 Å². The van der Waals surface area contributed by atoms with Crippen molar-refractivity contribution in [2.75, 3.05) is 6.61 Å². The van der Waals surface area contributed by atoms with Crippen LogP contribution in [0, 0.1) is 0 Å². The molecule has 2 atom stereocenters. The molecule has 0 heterocycles. The Morgan fingerprint density at radius 1 is 1.14 bits per heavy atom. The molecule has 3 heteroatoms. The second-order valence-electron chi connectivity index (χ2n) is 5.64. The summed E-state index contributed by atoms with van der Waals surface area (Å²) in [5, 5.41) is 23.0. The maximum Gasteiger partial charge on any atom is 0.115 e. The quantitative estimate of drug-likeness (QED) is 0.808. The Balaban J connectivity index is 1.84. The Hall–Kier alpha value is -1.84. The molecule has 2 aromatic carbocycles. The van der Waals surface area contributed by atoms with E-state index in [-0.39, 0.29) is 18.7 Å². The highest BCUT2D eigenvalue weighted by atomic mass is 16.3. The van der Waals surface area contributed by atoms with Crippen molar-refractivity contribution in [3.63, 3.8) is 0 Å². The fraction of sp³-hybridized carbons (Fsp3) is 0.333. The summed E-state index contributed by atoms with van der Waals surface area (Å²) in [7, 11) is 0. The number of fused-ring (bicyclic) bond motifs is 1. The Labute approximate surface area is 125 Å². The van der Waals surface area contributed by atoms with Gasteiger partial charge in [-0.3, -0.25) is 0 Å². The average molecular weight is 283 g/mol. The molecule has 2 aromatic rings. The fourth-order valence-electron chi connectivity index (χ4n) is 3.14. The number of phenols is 1. The summed E-state index contributed by atoms with van der Waals surface area (Å²) in [6, 6.07) is 15.7. The lowest BCUT2D eigenvalue weighted by Crippen LogP contribution is -2.31. The molecular weight excluding hydrogens is 262 g/mol. The van der Waals surface area contributed by atoms with Gasteiger partial charge in [0.25, 0.3) is 0 Å². The zero-order valence-corrected chi connectivity index (χ0v) is 12.0. The summed E-state index contributed by atoms with van der Waals surface area (Å²) in [5.74, 6) is 0.308. The molecule has 110 valence electrons. The third kappa shape index (κ3) is 3.09. The maximum absolute atomic E-state index is 9.74. The zero-order chi connectivity index (χ0) is 14.7. The summed E-state index contributed by atoms with van der Waals surface area (Å²) in [6.07, 6.45) is 3.21. The minimum absolute atomic E-state index is 0.0641. The lowest BCUT2D eigenvalue weighted by molar-refractivity contribution is 0.228. The first kappa shape index (κ1) is 14.1. The highest BCUT2D eigenvalue weighted by Crippen LogP contribution is 2.33. The molecule has 0 saturated carbocycles. The van der Waals surface area contributed by atoms with Gasteiger partial charge in [-0.15, -0.1) is 0 Å². The Morgan fingerprint density at radius 2 is 1.95 bits per heavy atom. The van der Waals surface area contributed by atoms with E-state index in [1.54, 1.807) is 6.07 Å². The zero-order valence-electron chi connectivity index (χ0n) is 12.0. The molecule has 0 fully saturated rings. The molecule has 0 aliphatic heterocycles. The number of hydrogen-bond acceptors (Lipinski definition) is 3. The van der Waals surface area contributed by atoms with Gasteiger partial charge in [-0.1, -0.05) is 36.4 Å². The van der Waals surface area contributed by atoms with Gasteiger partial charge in [-0.05, 0) is 48.1 Å². The number of hydrogen-bond donors (Lipinski definition) is 3. The maximum atomic E-state index is 9.74. The lowest BCUT2D eigenvalue weighted by Gasteiger charge is -2.30. The first-order valence-electron chi connectivity index (χ1n) is 7.51. The number of aliphatic hydroxyl groups is 1. The Kier molecular flexibility index (Phi) is 4.23. The van der Waals surface area contributed by atoms with Gasteiger partial charge in [-0.25, -0.2) is 0 Å². The van der Waals surface area contributed by atoms with Crippen molar-refractivity contribution in [2.24, 2.45) is 0 Å². The van der Waals surface area contributed by atoms with Crippen molar-refractivity contribution >= 4 is 0 Å². The minimum atomic E-state index is -0.0792. The fourth-order valence-corrected chi connectivity index (χ4v) is 3.14. The van der Waals surface area contributed by atoms with Gasteiger partial charge >= 0.3 is 0 Å². The van der Waals surface area contributed by atoms with Crippen LogP contribution in [-0.2, 0) is 6.42 Å². The van der Waals surface area contributed by atoms with E-state index in [4.69, 9.17) is 0 Å². The molecular formula is C18H21NO2. The van der Waals surface area contributed by atoms with Crippen molar-refractivity contribution in [3.8, 4) is 5.75 Å². The minimum Gasteiger partial charge on any atom is -0.508 e. The average Bonchev–Trinajstić information content (AvgIpc) is 2.53. The topological polar surface area (TPSA) is 52.5 Å². The van der Waals surface area contributed by atoms with Crippen LogP contribution in [0.15, 0.2) is 48.5 Å². The van der Waals surface area contributed by atoms with Gasteiger partial charge in [0.2, 0.25) is 0 Å². The van der Waals surface area contributed by atoms with Crippen LogP contribution in [0.1, 0.15) is 41.6 Å². The van der Waals surface area contributed by atoms with Crippen LogP contribution < -0.4 is 5.32 Å². The summed E-state index contributed by atoms with van der Waals surface area (Å²) >= 11 is 0. The smallest absolute Gasteiger partial charge is 0.115 e. The number of benzene rings is 2. The number of phenolic OH excluding ortho intramolecular Hbond substituents is 1. The molecule has 2 unspecified atom stereocenters. The lowest BCUT2D eigenvalue weighted by atomic mass is 9.87. The molecule has 1 aliphatic carbocycles. The molecule has 3 rings (SSSR count). The molecule has 21 heavy (non-hydrogen) atoms.